The molecule has 2 aliphatic rings. The molecular weight excluding hydrogens is 493 g/mol. The van der Waals surface area contributed by atoms with Crippen molar-refractivity contribution >= 4 is 11.8 Å². The summed E-state index contributed by atoms with van der Waals surface area (Å²) >= 11 is 0. The van der Waals surface area contributed by atoms with E-state index in [0.29, 0.717) is 17.9 Å². The SMILES string of the molecule is Cc1ccc2c(c1)Oc1cc(C)ccc1C2NC(=O)C1CC(CCc2ccccc2)C(C(F)(F)F)NC1=O. The van der Waals surface area contributed by atoms with Crippen LogP contribution >= 0.6 is 0 Å². The van der Waals surface area contributed by atoms with Gasteiger partial charge in [0.05, 0.1) is 6.04 Å². The molecule has 2 amide bonds. The first-order valence-corrected chi connectivity index (χ1v) is 12.7. The summed E-state index contributed by atoms with van der Waals surface area (Å²) in [6.45, 7) is 3.87. The van der Waals surface area contributed by atoms with Crippen molar-refractivity contribution in [1.29, 1.82) is 0 Å². The summed E-state index contributed by atoms with van der Waals surface area (Å²) in [6.07, 6.45) is -4.17. The number of aryl methyl sites for hydroxylation is 3. The summed E-state index contributed by atoms with van der Waals surface area (Å²) in [5.41, 5.74) is 4.33. The first-order chi connectivity index (χ1) is 18.1. The Bertz CT molecular complexity index is 1310. The molecule has 3 unspecified atom stereocenters. The zero-order valence-electron chi connectivity index (χ0n) is 21.1. The number of halogens is 3. The molecule has 0 aliphatic carbocycles. The third kappa shape index (κ3) is 5.26. The topological polar surface area (TPSA) is 67.4 Å². The third-order valence-electron chi connectivity index (χ3n) is 7.41. The lowest BCUT2D eigenvalue weighted by Crippen LogP contribution is -2.59. The molecule has 198 valence electrons. The monoisotopic (exact) mass is 522 g/mol. The van der Waals surface area contributed by atoms with Gasteiger partial charge in [-0.3, -0.25) is 9.59 Å². The molecule has 0 aromatic heterocycles. The molecule has 5 nitrogen and oxygen atoms in total. The Hall–Kier alpha value is -3.81. The highest BCUT2D eigenvalue weighted by Gasteiger charge is 2.51. The van der Waals surface area contributed by atoms with E-state index in [-0.39, 0.29) is 12.8 Å². The lowest BCUT2D eigenvalue weighted by Gasteiger charge is -2.38. The summed E-state index contributed by atoms with van der Waals surface area (Å²) in [5, 5.41) is 5.07. The first-order valence-electron chi connectivity index (χ1n) is 12.7. The van der Waals surface area contributed by atoms with E-state index in [1.165, 1.54) is 0 Å². The molecule has 3 aromatic rings. The predicted molar refractivity (Wildman–Crippen MR) is 137 cm³/mol. The normalized spacial score (nSPS) is 21.1. The number of hydrogen-bond acceptors (Lipinski definition) is 3. The van der Waals surface area contributed by atoms with Crippen LogP contribution in [-0.4, -0.2) is 24.0 Å². The van der Waals surface area contributed by atoms with Crippen LogP contribution in [0.2, 0.25) is 0 Å². The Morgan fingerprint density at radius 2 is 1.58 bits per heavy atom. The molecule has 0 saturated carbocycles. The zero-order chi connectivity index (χ0) is 27.0. The molecule has 0 bridgehead atoms. The largest absolute Gasteiger partial charge is 0.457 e. The van der Waals surface area contributed by atoms with E-state index in [9.17, 15) is 22.8 Å². The van der Waals surface area contributed by atoms with E-state index in [0.717, 1.165) is 27.8 Å². The molecule has 8 heteroatoms. The van der Waals surface area contributed by atoms with Crippen LogP contribution in [0.5, 0.6) is 11.5 Å². The van der Waals surface area contributed by atoms with Gasteiger partial charge in [0.15, 0.2) is 0 Å². The van der Waals surface area contributed by atoms with Gasteiger partial charge in [0.2, 0.25) is 11.8 Å². The number of piperidine rings is 1. The summed E-state index contributed by atoms with van der Waals surface area (Å²) in [6, 6.07) is 17.9. The van der Waals surface area contributed by atoms with E-state index in [4.69, 9.17) is 4.74 Å². The van der Waals surface area contributed by atoms with Gasteiger partial charge in [0.1, 0.15) is 23.5 Å². The van der Waals surface area contributed by atoms with Crippen LogP contribution in [0.25, 0.3) is 0 Å². The van der Waals surface area contributed by atoms with Gasteiger partial charge < -0.3 is 15.4 Å². The minimum atomic E-state index is -4.60. The van der Waals surface area contributed by atoms with E-state index >= 15 is 0 Å². The minimum Gasteiger partial charge on any atom is -0.457 e. The van der Waals surface area contributed by atoms with Crippen molar-refractivity contribution in [3.8, 4) is 11.5 Å². The van der Waals surface area contributed by atoms with Gasteiger partial charge in [0.25, 0.3) is 0 Å². The second kappa shape index (κ2) is 10.2. The van der Waals surface area contributed by atoms with Gasteiger partial charge in [0, 0.05) is 11.1 Å². The van der Waals surface area contributed by atoms with Crippen LogP contribution in [0, 0.1) is 25.7 Å². The number of fused-ring (bicyclic) bond motifs is 2. The van der Waals surface area contributed by atoms with Gasteiger partial charge in [-0.05, 0) is 67.9 Å². The predicted octanol–water partition coefficient (Wildman–Crippen LogP) is 5.93. The smallest absolute Gasteiger partial charge is 0.408 e. The van der Waals surface area contributed by atoms with Crippen LogP contribution in [-0.2, 0) is 16.0 Å². The quantitative estimate of drug-likeness (QED) is 0.408. The summed E-state index contributed by atoms with van der Waals surface area (Å²) in [5.74, 6) is -2.47. The number of amides is 2. The lowest BCUT2D eigenvalue weighted by atomic mass is 9.79. The van der Waals surface area contributed by atoms with E-state index in [1.54, 1.807) is 0 Å². The molecule has 2 heterocycles. The highest BCUT2D eigenvalue weighted by Crippen LogP contribution is 2.44. The molecule has 3 atom stereocenters. The van der Waals surface area contributed by atoms with E-state index < -0.39 is 41.9 Å². The molecule has 38 heavy (non-hydrogen) atoms. The Morgan fingerprint density at radius 1 is 0.974 bits per heavy atom. The molecule has 2 aliphatic heterocycles. The second-order valence-corrected chi connectivity index (χ2v) is 10.2. The minimum absolute atomic E-state index is 0.181. The van der Waals surface area contributed by atoms with Crippen LogP contribution in [0.1, 0.15) is 46.7 Å². The van der Waals surface area contributed by atoms with Gasteiger partial charge in [-0.2, -0.15) is 13.2 Å². The number of nitrogens with one attached hydrogen (secondary N) is 2. The van der Waals surface area contributed by atoms with Crippen LogP contribution < -0.4 is 15.4 Å². The van der Waals surface area contributed by atoms with Crippen molar-refractivity contribution in [1.82, 2.24) is 10.6 Å². The van der Waals surface area contributed by atoms with Gasteiger partial charge in [-0.25, -0.2) is 0 Å². The van der Waals surface area contributed by atoms with Crippen molar-refractivity contribution in [3.63, 3.8) is 0 Å². The molecular formula is C30H29F3N2O3. The Labute approximate surface area is 219 Å². The van der Waals surface area contributed by atoms with Crippen molar-refractivity contribution in [3.05, 3.63) is 94.5 Å². The molecule has 1 fully saturated rings. The number of carbonyl (C=O) groups is 2. The zero-order valence-corrected chi connectivity index (χ0v) is 21.1. The standard InChI is InChI=1S/C30H29F3N2O3/c1-17-8-12-21-24(14-17)38-25-15-18(2)9-13-22(25)26(21)34-28(36)23-16-20(11-10-19-6-4-3-5-7-19)27(30(31,32)33)35-29(23)37/h3-9,12-15,20,23,26-27H,10-11,16H2,1-2H3,(H,34,36)(H,35,37). The molecule has 1 saturated heterocycles. The maximum Gasteiger partial charge on any atom is 0.408 e. The molecule has 5 rings (SSSR count). The number of carbonyl (C=O) groups excluding carboxylic acids is 2. The van der Waals surface area contributed by atoms with Crippen molar-refractivity contribution in [2.75, 3.05) is 0 Å². The number of rotatable bonds is 5. The summed E-state index contributed by atoms with van der Waals surface area (Å²) < 4.78 is 47.7. The van der Waals surface area contributed by atoms with E-state index in [2.05, 4.69) is 10.6 Å². The van der Waals surface area contributed by atoms with E-state index in [1.807, 2.05) is 80.6 Å². The van der Waals surface area contributed by atoms with Gasteiger partial charge >= 0.3 is 6.18 Å². The number of alkyl halides is 3. The molecule has 0 spiro atoms. The number of hydrogen-bond donors (Lipinski definition) is 2. The molecule has 3 aromatic carbocycles. The first kappa shape index (κ1) is 25.8. The van der Waals surface area contributed by atoms with Crippen molar-refractivity contribution < 1.29 is 27.5 Å². The fraction of sp³-hybridized carbons (Fsp3) is 0.333. The maximum atomic E-state index is 13.9. The molecule has 2 N–H and O–H groups in total. The number of ether oxygens (including phenoxy) is 1. The highest BCUT2D eigenvalue weighted by atomic mass is 19.4. The summed E-state index contributed by atoms with van der Waals surface area (Å²) in [4.78, 5) is 26.4. The van der Waals surface area contributed by atoms with Gasteiger partial charge in [-0.1, -0.05) is 54.6 Å². The third-order valence-corrected chi connectivity index (χ3v) is 7.41. The average molecular weight is 523 g/mol. The summed E-state index contributed by atoms with van der Waals surface area (Å²) in [7, 11) is 0. The van der Waals surface area contributed by atoms with Crippen LogP contribution in [0.3, 0.4) is 0 Å². The Morgan fingerprint density at radius 3 is 2.16 bits per heavy atom. The average Bonchev–Trinajstić information content (AvgIpc) is 2.87. The lowest BCUT2D eigenvalue weighted by molar-refractivity contribution is -0.182. The van der Waals surface area contributed by atoms with Crippen LogP contribution in [0.15, 0.2) is 66.7 Å². The van der Waals surface area contributed by atoms with Crippen LogP contribution in [0.4, 0.5) is 13.2 Å². The second-order valence-electron chi connectivity index (χ2n) is 10.2. The molecule has 0 radical (unpaired) electrons. The fourth-order valence-corrected chi connectivity index (χ4v) is 5.40. The number of benzene rings is 3. The van der Waals surface area contributed by atoms with Crippen molar-refractivity contribution in [2.45, 2.75) is 51.4 Å². The maximum absolute atomic E-state index is 13.9. The Kier molecular flexibility index (Phi) is 6.90. The Balaban J connectivity index is 1.40. The fourth-order valence-electron chi connectivity index (χ4n) is 5.40. The van der Waals surface area contributed by atoms with Gasteiger partial charge in [-0.15, -0.1) is 0 Å². The highest BCUT2D eigenvalue weighted by molar-refractivity contribution is 6.01. The van der Waals surface area contributed by atoms with Crippen molar-refractivity contribution in [2.24, 2.45) is 11.8 Å².